The second-order valence-corrected chi connectivity index (χ2v) is 6.91. The van der Waals surface area contributed by atoms with Crippen molar-refractivity contribution in [2.75, 3.05) is 26.3 Å². The molecule has 1 aliphatic rings. The molecule has 0 unspecified atom stereocenters. The van der Waals surface area contributed by atoms with Gasteiger partial charge in [0.05, 0.1) is 6.61 Å². The molecule has 2 heterocycles. The summed E-state index contributed by atoms with van der Waals surface area (Å²) in [4.78, 5) is 13.3. The highest BCUT2D eigenvalue weighted by Gasteiger charge is 2.28. The predicted octanol–water partition coefficient (Wildman–Crippen LogP) is 0.156. The Hall–Kier alpha value is -0.700. The van der Waals surface area contributed by atoms with E-state index in [4.69, 9.17) is 4.74 Å². The summed E-state index contributed by atoms with van der Waals surface area (Å²) in [6.07, 6.45) is 0.678. The van der Waals surface area contributed by atoms with Crippen LogP contribution < -0.4 is 4.87 Å². The van der Waals surface area contributed by atoms with Crippen molar-refractivity contribution in [1.82, 2.24) is 9.29 Å². The van der Waals surface area contributed by atoms with Crippen molar-refractivity contribution in [3.8, 4) is 0 Å². The lowest BCUT2D eigenvalue weighted by Gasteiger charge is -2.18. The Balaban J connectivity index is 2.35. The van der Waals surface area contributed by atoms with Crippen LogP contribution >= 0.6 is 11.3 Å². The zero-order valence-electron chi connectivity index (χ0n) is 9.43. The maximum Gasteiger partial charge on any atom is 0.305 e. The van der Waals surface area contributed by atoms with E-state index >= 15 is 0 Å². The average molecular weight is 278 g/mol. The highest BCUT2D eigenvalue weighted by atomic mass is 32.2. The van der Waals surface area contributed by atoms with E-state index in [1.54, 1.807) is 6.92 Å². The topological polar surface area (TPSA) is 79.5 Å². The fraction of sp³-hybridized carbons (Fsp3) is 0.667. The van der Waals surface area contributed by atoms with Crippen molar-refractivity contribution in [3.63, 3.8) is 0 Å². The van der Waals surface area contributed by atoms with Gasteiger partial charge in [-0.05, 0) is 13.3 Å². The highest BCUT2D eigenvalue weighted by molar-refractivity contribution is 7.91. The lowest BCUT2D eigenvalue weighted by atomic mass is 10.5. The van der Waals surface area contributed by atoms with Gasteiger partial charge in [0, 0.05) is 25.4 Å². The van der Waals surface area contributed by atoms with Crippen molar-refractivity contribution < 1.29 is 13.2 Å². The molecule has 1 fully saturated rings. The molecule has 0 aliphatic carbocycles. The molecule has 0 bridgehead atoms. The number of aryl methyl sites for hydroxylation is 1. The molecule has 0 spiro atoms. The summed E-state index contributed by atoms with van der Waals surface area (Å²) in [5.41, 5.74) is 0.408. The van der Waals surface area contributed by atoms with E-state index in [0.29, 0.717) is 38.4 Å². The summed E-state index contributed by atoms with van der Waals surface area (Å²) < 4.78 is 31.3. The molecule has 1 N–H and O–H groups in total. The van der Waals surface area contributed by atoms with Crippen LogP contribution in [-0.4, -0.2) is 44.0 Å². The molecule has 1 aromatic heterocycles. The molecule has 0 aromatic carbocycles. The molecule has 0 atom stereocenters. The Kier molecular flexibility index (Phi) is 3.67. The maximum atomic E-state index is 12.3. The molecular weight excluding hydrogens is 264 g/mol. The number of thiazole rings is 1. The molecule has 6 nitrogen and oxygen atoms in total. The van der Waals surface area contributed by atoms with Gasteiger partial charge in [0.1, 0.15) is 0 Å². The Morgan fingerprint density at radius 2 is 2.12 bits per heavy atom. The van der Waals surface area contributed by atoms with E-state index in [1.807, 2.05) is 0 Å². The first-order chi connectivity index (χ1) is 8.01. The van der Waals surface area contributed by atoms with Gasteiger partial charge in [0.15, 0.2) is 4.21 Å². The minimum absolute atomic E-state index is 0.115. The van der Waals surface area contributed by atoms with Gasteiger partial charge in [0.25, 0.3) is 10.0 Å². The highest BCUT2D eigenvalue weighted by Crippen LogP contribution is 2.21. The molecule has 1 saturated heterocycles. The second-order valence-electron chi connectivity index (χ2n) is 3.80. The van der Waals surface area contributed by atoms with E-state index in [-0.39, 0.29) is 9.08 Å². The molecule has 1 aliphatic heterocycles. The van der Waals surface area contributed by atoms with Gasteiger partial charge in [-0.3, -0.25) is 4.79 Å². The Morgan fingerprint density at radius 1 is 1.35 bits per heavy atom. The molecule has 1 aromatic rings. The van der Waals surface area contributed by atoms with Crippen LogP contribution in [-0.2, 0) is 14.8 Å². The van der Waals surface area contributed by atoms with Gasteiger partial charge in [-0.25, -0.2) is 8.42 Å². The number of sulfonamides is 1. The maximum absolute atomic E-state index is 12.3. The lowest BCUT2D eigenvalue weighted by molar-refractivity contribution is 0.148. The quantitative estimate of drug-likeness (QED) is 0.835. The SMILES string of the molecule is Cc1[nH]c(=O)sc1S(=O)(=O)N1CCCOCC1. The smallest absolute Gasteiger partial charge is 0.305 e. The summed E-state index contributed by atoms with van der Waals surface area (Å²) in [7, 11) is -3.55. The van der Waals surface area contributed by atoms with Crippen LogP contribution in [0.25, 0.3) is 0 Å². The first-order valence-electron chi connectivity index (χ1n) is 5.29. The number of hydrogen-bond donors (Lipinski definition) is 1. The van der Waals surface area contributed by atoms with Gasteiger partial charge in [-0.2, -0.15) is 4.31 Å². The summed E-state index contributed by atoms with van der Waals surface area (Å²) >= 11 is 0.740. The third-order valence-electron chi connectivity index (χ3n) is 2.54. The molecule has 0 radical (unpaired) electrons. The van der Waals surface area contributed by atoms with Crippen LogP contribution in [0.5, 0.6) is 0 Å². The van der Waals surface area contributed by atoms with E-state index < -0.39 is 10.0 Å². The average Bonchev–Trinajstić information content (AvgIpc) is 2.52. The Labute approximate surface area is 103 Å². The fourth-order valence-electron chi connectivity index (χ4n) is 1.72. The van der Waals surface area contributed by atoms with Crippen LogP contribution in [0.3, 0.4) is 0 Å². The minimum Gasteiger partial charge on any atom is -0.380 e. The zero-order valence-corrected chi connectivity index (χ0v) is 11.1. The monoisotopic (exact) mass is 278 g/mol. The third-order valence-corrected chi connectivity index (χ3v) is 6.02. The summed E-state index contributed by atoms with van der Waals surface area (Å²) in [5, 5.41) is 0. The van der Waals surface area contributed by atoms with Crippen molar-refractivity contribution in [2.45, 2.75) is 17.6 Å². The van der Waals surface area contributed by atoms with Crippen molar-refractivity contribution in [3.05, 3.63) is 15.4 Å². The van der Waals surface area contributed by atoms with Crippen LogP contribution in [0.15, 0.2) is 9.00 Å². The van der Waals surface area contributed by atoms with Crippen LogP contribution in [0, 0.1) is 6.92 Å². The van der Waals surface area contributed by atoms with Crippen molar-refractivity contribution in [1.29, 1.82) is 0 Å². The van der Waals surface area contributed by atoms with Crippen LogP contribution in [0.4, 0.5) is 0 Å². The summed E-state index contributed by atoms with van der Waals surface area (Å²) in [6, 6.07) is 0. The fourth-order valence-corrected chi connectivity index (χ4v) is 4.62. The number of ether oxygens (including phenoxy) is 1. The van der Waals surface area contributed by atoms with E-state index in [2.05, 4.69) is 4.98 Å². The number of H-pyrrole nitrogens is 1. The molecular formula is C9H14N2O4S2. The molecule has 96 valence electrons. The standard InChI is InChI=1S/C9H14N2O4S2/c1-7-8(16-9(12)10-7)17(13,14)11-3-2-5-15-6-4-11/h2-6H2,1H3,(H,10,12). The van der Waals surface area contributed by atoms with E-state index in [1.165, 1.54) is 4.31 Å². The van der Waals surface area contributed by atoms with Gasteiger partial charge in [0.2, 0.25) is 0 Å². The number of aromatic amines is 1. The first kappa shape index (κ1) is 12.7. The molecule has 2 rings (SSSR count). The number of aromatic nitrogens is 1. The van der Waals surface area contributed by atoms with Gasteiger partial charge in [-0.1, -0.05) is 11.3 Å². The molecule has 0 saturated carbocycles. The number of hydrogen-bond acceptors (Lipinski definition) is 5. The third kappa shape index (κ3) is 2.59. The van der Waals surface area contributed by atoms with Gasteiger partial charge in [-0.15, -0.1) is 0 Å². The van der Waals surface area contributed by atoms with Crippen LogP contribution in [0.1, 0.15) is 12.1 Å². The molecule has 0 amide bonds. The molecule has 17 heavy (non-hydrogen) atoms. The van der Waals surface area contributed by atoms with E-state index in [0.717, 1.165) is 11.3 Å². The number of nitrogens with one attached hydrogen (secondary N) is 1. The minimum atomic E-state index is -3.55. The van der Waals surface area contributed by atoms with E-state index in [9.17, 15) is 13.2 Å². The Morgan fingerprint density at radius 3 is 2.76 bits per heavy atom. The van der Waals surface area contributed by atoms with Crippen LogP contribution in [0.2, 0.25) is 0 Å². The Bertz CT molecular complexity index is 538. The van der Waals surface area contributed by atoms with Gasteiger partial charge < -0.3 is 9.72 Å². The van der Waals surface area contributed by atoms with Crippen molar-refractivity contribution >= 4 is 21.4 Å². The summed E-state index contributed by atoms with van der Waals surface area (Å²) in [5.74, 6) is 0. The van der Waals surface area contributed by atoms with Gasteiger partial charge >= 0.3 is 4.87 Å². The normalized spacial score (nSPS) is 19.1. The molecule has 8 heteroatoms. The zero-order chi connectivity index (χ0) is 12.5. The summed E-state index contributed by atoms with van der Waals surface area (Å²) in [6.45, 7) is 3.35. The lowest BCUT2D eigenvalue weighted by Crippen LogP contribution is -2.33. The number of rotatable bonds is 2. The van der Waals surface area contributed by atoms with Crippen molar-refractivity contribution in [2.24, 2.45) is 0 Å². The largest absolute Gasteiger partial charge is 0.380 e. The predicted molar refractivity (Wildman–Crippen MR) is 63.9 cm³/mol. The second kappa shape index (κ2) is 4.89. The number of nitrogens with zero attached hydrogens (tertiary/aromatic N) is 1. The first-order valence-corrected chi connectivity index (χ1v) is 7.55.